The number of hydrogen-bond donors (Lipinski definition) is 1. The number of nitrogens with zero attached hydrogens (tertiary/aromatic N) is 5. The van der Waals surface area contributed by atoms with Gasteiger partial charge in [-0.1, -0.05) is 30.3 Å². The van der Waals surface area contributed by atoms with E-state index in [4.69, 9.17) is 4.74 Å². The third-order valence-electron chi connectivity index (χ3n) is 5.30. The summed E-state index contributed by atoms with van der Waals surface area (Å²) < 4.78 is 6.99. The SMILES string of the molecule is CC(CN(C)C(=O)OC(C)(C)C)Nc1nccc(N(C)c2cc(-c3ccccc3)cc(=O)n2C)n1. The second-order valence-corrected chi connectivity index (χ2v) is 9.57. The van der Waals surface area contributed by atoms with Crippen LogP contribution in [0.2, 0.25) is 0 Å². The molecule has 35 heavy (non-hydrogen) atoms. The van der Waals surface area contributed by atoms with Gasteiger partial charge in [-0.25, -0.2) is 9.78 Å². The van der Waals surface area contributed by atoms with Crippen LogP contribution in [0.25, 0.3) is 11.1 Å². The molecule has 9 heteroatoms. The monoisotopic (exact) mass is 478 g/mol. The summed E-state index contributed by atoms with van der Waals surface area (Å²) in [6.07, 6.45) is 1.27. The third-order valence-corrected chi connectivity index (χ3v) is 5.30. The second-order valence-electron chi connectivity index (χ2n) is 9.57. The number of rotatable bonds is 7. The number of likely N-dealkylation sites (N-methyl/N-ethyl adjacent to an activating group) is 1. The van der Waals surface area contributed by atoms with Crippen molar-refractivity contribution >= 4 is 23.7 Å². The van der Waals surface area contributed by atoms with Crippen molar-refractivity contribution in [3.05, 3.63) is 65.1 Å². The van der Waals surface area contributed by atoms with E-state index in [2.05, 4.69) is 15.3 Å². The summed E-state index contributed by atoms with van der Waals surface area (Å²) in [6, 6.07) is 15.0. The van der Waals surface area contributed by atoms with E-state index in [0.717, 1.165) is 11.1 Å². The Labute approximate surface area is 206 Å². The zero-order chi connectivity index (χ0) is 25.8. The van der Waals surface area contributed by atoms with Gasteiger partial charge in [0.2, 0.25) is 5.95 Å². The topological polar surface area (TPSA) is 92.6 Å². The molecule has 186 valence electrons. The molecule has 1 aromatic carbocycles. The summed E-state index contributed by atoms with van der Waals surface area (Å²) in [7, 11) is 5.28. The van der Waals surface area contributed by atoms with E-state index in [0.29, 0.717) is 24.1 Å². The lowest BCUT2D eigenvalue weighted by molar-refractivity contribution is 0.0294. The molecule has 1 N–H and O–H groups in total. The smallest absolute Gasteiger partial charge is 0.410 e. The van der Waals surface area contributed by atoms with Crippen molar-refractivity contribution in [2.75, 3.05) is 30.9 Å². The van der Waals surface area contributed by atoms with Crippen LogP contribution < -0.4 is 15.8 Å². The van der Waals surface area contributed by atoms with Crippen molar-refractivity contribution in [1.82, 2.24) is 19.4 Å². The predicted octanol–water partition coefficient (Wildman–Crippen LogP) is 4.28. The zero-order valence-corrected chi connectivity index (χ0v) is 21.4. The lowest BCUT2D eigenvalue weighted by atomic mass is 10.1. The van der Waals surface area contributed by atoms with Gasteiger partial charge in [0.15, 0.2) is 0 Å². The molecular formula is C26H34N6O3. The minimum atomic E-state index is -0.554. The number of ether oxygens (including phenoxy) is 1. The highest BCUT2D eigenvalue weighted by molar-refractivity contribution is 5.69. The van der Waals surface area contributed by atoms with Crippen LogP contribution in [-0.2, 0) is 11.8 Å². The predicted molar refractivity (Wildman–Crippen MR) is 139 cm³/mol. The van der Waals surface area contributed by atoms with Gasteiger partial charge in [0.25, 0.3) is 5.56 Å². The molecule has 3 aromatic rings. The van der Waals surface area contributed by atoms with E-state index in [1.165, 1.54) is 4.90 Å². The first-order chi connectivity index (χ1) is 16.4. The fourth-order valence-electron chi connectivity index (χ4n) is 3.55. The molecule has 1 atom stereocenters. The van der Waals surface area contributed by atoms with Crippen molar-refractivity contribution in [2.24, 2.45) is 7.05 Å². The number of amides is 1. The van der Waals surface area contributed by atoms with Gasteiger partial charge in [0.1, 0.15) is 17.2 Å². The number of benzene rings is 1. The fraction of sp³-hybridized carbons (Fsp3) is 0.385. The number of carbonyl (C=O) groups excluding carboxylic acids is 1. The van der Waals surface area contributed by atoms with E-state index < -0.39 is 5.60 Å². The maximum absolute atomic E-state index is 12.7. The van der Waals surface area contributed by atoms with Crippen LogP contribution in [0.15, 0.2) is 59.5 Å². The van der Waals surface area contributed by atoms with Crippen molar-refractivity contribution in [3.8, 4) is 11.1 Å². The maximum atomic E-state index is 12.7. The first kappa shape index (κ1) is 25.7. The first-order valence-corrected chi connectivity index (χ1v) is 11.5. The molecule has 0 aliphatic rings. The van der Waals surface area contributed by atoms with Crippen molar-refractivity contribution < 1.29 is 9.53 Å². The summed E-state index contributed by atoms with van der Waals surface area (Å²) >= 11 is 0. The molecule has 9 nitrogen and oxygen atoms in total. The number of anilines is 3. The third kappa shape index (κ3) is 6.81. The molecule has 2 heterocycles. The summed E-state index contributed by atoms with van der Waals surface area (Å²) in [4.78, 5) is 37.2. The average Bonchev–Trinajstić information content (AvgIpc) is 2.79. The minimum Gasteiger partial charge on any atom is -0.444 e. The van der Waals surface area contributed by atoms with Crippen molar-refractivity contribution in [2.45, 2.75) is 39.3 Å². The lowest BCUT2D eigenvalue weighted by Crippen LogP contribution is -2.40. The van der Waals surface area contributed by atoms with Gasteiger partial charge in [-0.05, 0) is 51.0 Å². The first-order valence-electron chi connectivity index (χ1n) is 11.5. The molecule has 0 radical (unpaired) electrons. The summed E-state index contributed by atoms with van der Waals surface area (Å²) in [5, 5.41) is 3.23. The lowest BCUT2D eigenvalue weighted by Gasteiger charge is -2.27. The summed E-state index contributed by atoms with van der Waals surface area (Å²) in [6.45, 7) is 7.85. The molecule has 0 saturated carbocycles. The minimum absolute atomic E-state index is 0.112. The van der Waals surface area contributed by atoms with Crippen LogP contribution in [0.4, 0.5) is 22.4 Å². The molecule has 0 fully saturated rings. The fourth-order valence-corrected chi connectivity index (χ4v) is 3.55. The maximum Gasteiger partial charge on any atom is 0.410 e. The van der Waals surface area contributed by atoms with E-state index in [1.807, 2.05) is 76.0 Å². The van der Waals surface area contributed by atoms with E-state index in [-0.39, 0.29) is 17.7 Å². The van der Waals surface area contributed by atoms with Gasteiger partial charge in [-0.2, -0.15) is 4.98 Å². The average molecular weight is 479 g/mol. The molecule has 2 aromatic heterocycles. The molecule has 3 rings (SSSR count). The van der Waals surface area contributed by atoms with Gasteiger partial charge >= 0.3 is 6.09 Å². The number of pyridine rings is 1. The Morgan fingerprint density at radius 3 is 2.46 bits per heavy atom. The Hall–Kier alpha value is -3.88. The molecular weight excluding hydrogens is 444 g/mol. The van der Waals surface area contributed by atoms with Crippen LogP contribution in [0.5, 0.6) is 0 Å². The molecule has 1 unspecified atom stereocenters. The van der Waals surface area contributed by atoms with Gasteiger partial charge in [-0.3, -0.25) is 9.36 Å². The molecule has 0 bridgehead atoms. The van der Waals surface area contributed by atoms with E-state index in [1.54, 1.807) is 37.0 Å². The largest absolute Gasteiger partial charge is 0.444 e. The van der Waals surface area contributed by atoms with Gasteiger partial charge in [0.05, 0.1) is 0 Å². The van der Waals surface area contributed by atoms with Crippen LogP contribution >= 0.6 is 0 Å². The van der Waals surface area contributed by atoms with Crippen molar-refractivity contribution in [1.29, 1.82) is 0 Å². The number of hydrogen-bond acceptors (Lipinski definition) is 7. The highest BCUT2D eigenvalue weighted by Crippen LogP contribution is 2.26. The Morgan fingerprint density at radius 2 is 1.80 bits per heavy atom. The Balaban J connectivity index is 1.77. The van der Waals surface area contributed by atoms with Crippen LogP contribution in [-0.4, -0.2) is 57.8 Å². The molecule has 0 saturated heterocycles. The van der Waals surface area contributed by atoms with Crippen molar-refractivity contribution in [3.63, 3.8) is 0 Å². The highest BCUT2D eigenvalue weighted by Gasteiger charge is 2.21. The Kier molecular flexibility index (Phi) is 7.78. The van der Waals surface area contributed by atoms with Crippen LogP contribution in [0, 0.1) is 0 Å². The standard InChI is InChI=1S/C26H34N6O3/c1-18(17-30(5)25(34)35-26(2,3)4)28-24-27-14-13-21(29-24)31(6)22-15-20(16-23(33)32(22)7)19-11-9-8-10-12-19/h8-16,18H,17H2,1-7H3,(H,27,28,29). The number of aromatic nitrogens is 3. The quantitative estimate of drug-likeness (QED) is 0.542. The van der Waals surface area contributed by atoms with Gasteiger partial charge in [0, 0.05) is 46.0 Å². The zero-order valence-electron chi connectivity index (χ0n) is 21.4. The summed E-state index contributed by atoms with van der Waals surface area (Å²) in [5.74, 6) is 1.73. The number of nitrogens with one attached hydrogen (secondary N) is 1. The van der Waals surface area contributed by atoms with Crippen LogP contribution in [0.3, 0.4) is 0 Å². The van der Waals surface area contributed by atoms with Crippen LogP contribution in [0.1, 0.15) is 27.7 Å². The Morgan fingerprint density at radius 1 is 1.11 bits per heavy atom. The highest BCUT2D eigenvalue weighted by atomic mass is 16.6. The molecule has 0 aliphatic heterocycles. The molecule has 0 spiro atoms. The number of carbonyl (C=O) groups is 1. The normalized spacial score (nSPS) is 12.1. The second kappa shape index (κ2) is 10.6. The van der Waals surface area contributed by atoms with E-state index >= 15 is 0 Å². The Bertz CT molecular complexity index is 1220. The molecule has 1 amide bonds. The molecule has 0 aliphatic carbocycles. The van der Waals surface area contributed by atoms with Gasteiger partial charge in [-0.15, -0.1) is 0 Å². The van der Waals surface area contributed by atoms with Gasteiger partial charge < -0.3 is 19.9 Å². The van der Waals surface area contributed by atoms with E-state index in [9.17, 15) is 9.59 Å². The summed E-state index contributed by atoms with van der Waals surface area (Å²) in [5.41, 5.74) is 1.14.